The number of hydrogen-bond acceptors (Lipinski definition) is 5. The zero-order valence-electron chi connectivity index (χ0n) is 14.9. The molecule has 0 radical (unpaired) electrons. The Kier molecular flexibility index (Phi) is 5.72. The molecular weight excluding hydrogens is 384 g/mol. The molecule has 0 aliphatic heterocycles. The molecule has 0 saturated heterocycles. The van der Waals surface area contributed by atoms with Crippen molar-refractivity contribution in [3.63, 3.8) is 0 Å². The number of aromatic nitrogens is 1. The molecule has 0 unspecified atom stereocenters. The molecule has 0 fully saturated rings. The Morgan fingerprint density at radius 2 is 1.75 bits per heavy atom. The summed E-state index contributed by atoms with van der Waals surface area (Å²) in [5.41, 5.74) is 3.05. The van der Waals surface area contributed by atoms with Crippen molar-refractivity contribution in [3.05, 3.63) is 94.9 Å². The van der Waals surface area contributed by atoms with Crippen LogP contribution in [0.4, 0.5) is 0 Å². The highest BCUT2D eigenvalue weighted by Crippen LogP contribution is 2.34. The van der Waals surface area contributed by atoms with Crippen molar-refractivity contribution in [2.45, 2.75) is 10.9 Å². The first kappa shape index (κ1) is 18.3. The second-order valence-electron chi connectivity index (χ2n) is 6.01. The van der Waals surface area contributed by atoms with Crippen molar-refractivity contribution in [1.29, 1.82) is 5.26 Å². The summed E-state index contributed by atoms with van der Waals surface area (Å²) in [4.78, 5) is 5.19. The number of para-hydroxylation sites is 1. The number of thiazole rings is 1. The van der Waals surface area contributed by atoms with Gasteiger partial charge in [0.1, 0.15) is 18.4 Å². The highest BCUT2D eigenvalue weighted by molar-refractivity contribution is 8.05. The number of benzene rings is 3. The first-order valence-electron chi connectivity index (χ1n) is 8.72. The van der Waals surface area contributed by atoms with Gasteiger partial charge in [-0.2, -0.15) is 5.26 Å². The van der Waals surface area contributed by atoms with Gasteiger partial charge in [0.05, 0.1) is 15.1 Å². The second kappa shape index (κ2) is 8.75. The number of hydrogen-bond donors (Lipinski definition) is 0. The Bertz CT molecular complexity index is 1110. The number of thioether (sulfide) groups is 1. The van der Waals surface area contributed by atoms with Gasteiger partial charge in [0.2, 0.25) is 0 Å². The maximum atomic E-state index is 9.50. The lowest BCUT2D eigenvalue weighted by molar-refractivity contribution is 0.306. The van der Waals surface area contributed by atoms with Crippen molar-refractivity contribution < 1.29 is 4.74 Å². The van der Waals surface area contributed by atoms with Crippen molar-refractivity contribution in [3.8, 4) is 11.8 Å². The predicted octanol–water partition coefficient (Wildman–Crippen LogP) is 6.53. The molecule has 1 heterocycles. The Morgan fingerprint density at radius 1 is 1.00 bits per heavy atom. The van der Waals surface area contributed by atoms with E-state index in [0.29, 0.717) is 11.5 Å². The molecule has 0 saturated carbocycles. The van der Waals surface area contributed by atoms with Crippen LogP contribution in [0.3, 0.4) is 0 Å². The number of rotatable bonds is 6. The summed E-state index contributed by atoms with van der Waals surface area (Å²) in [6, 6.07) is 28.1. The molecule has 4 rings (SSSR count). The van der Waals surface area contributed by atoms with Crippen LogP contribution in [0.25, 0.3) is 16.3 Å². The number of fused-ring (bicyclic) bond motifs is 1. The largest absolute Gasteiger partial charge is 0.489 e. The fourth-order valence-corrected chi connectivity index (χ4v) is 4.60. The SMILES string of the molecule is N#C/C(=C\c1ccc(OCc2ccccc2)cc1)Sc1nc2ccccc2s1. The zero-order valence-corrected chi connectivity index (χ0v) is 16.5. The van der Waals surface area contributed by atoms with E-state index >= 15 is 0 Å². The third kappa shape index (κ3) is 4.61. The first-order valence-corrected chi connectivity index (χ1v) is 10.4. The predicted molar refractivity (Wildman–Crippen MR) is 116 cm³/mol. The zero-order chi connectivity index (χ0) is 19.2. The van der Waals surface area contributed by atoms with Gasteiger partial charge in [-0.3, -0.25) is 0 Å². The lowest BCUT2D eigenvalue weighted by atomic mass is 10.2. The van der Waals surface area contributed by atoms with Gasteiger partial charge in [0.25, 0.3) is 0 Å². The van der Waals surface area contributed by atoms with E-state index in [1.165, 1.54) is 11.8 Å². The van der Waals surface area contributed by atoms with Crippen LogP contribution in [-0.4, -0.2) is 4.98 Å². The van der Waals surface area contributed by atoms with Gasteiger partial charge in [-0.15, -0.1) is 11.3 Å². The summed E-state index contributed by atoms with van der Waals surface area (Å²) in [5, 5.41) is 9.50. The van der Waals surface area contributed by atoms with Crippen LogP contribution in [0.5, 0.6) is 5.75 Å². The highest BCUT2D eigenvalue weighted by atomic mass is 32.2. The lowest BCUT2D eigenvalue weighted by Crippen LogP contribution is -1.94. The van der Waals surface area contributed by atoms with Crippen LogP contribution < -0.4 is 4.74 Å². The minimum absolute atomic E-state index is 0.535. The molecule has 0 aliphatic carbocycles. The Balaban J connectivity index is 1.43. The number of ether oxygens (including phenoxy) is 1. The smallest absolute Gasteiger partial charge is 0.156 e. The Labute approximate surface area is 171 Å². The van der Waals surface area contributed by atoms with Crippen LogP contribution in [0, 0.1) is 11.3 Å². The lowest BCUT2D eigenvalue weighted by Gasteiger charge is -2.06. The van der Waals surface area contributed by atoms with Crippen LogP contribution in [0.2, 0.25) is 0 Å². The average molecular weight is 401 g/mol. The quantitative estimate of drug-likeness (QED) is 0.273. The van der Waals surface area contributed by atoms with E-state index in [0.717, 1.165) is 31.4 Å². The van der Waals surface area contributed by atoms with E-state index in [1.54, 1.807) is 11.3 Å². The van der Waals surface area contributed by atoms with Crippen molar-refractivity contribution in [1.82, 2.24) is 4.98 Å². The molecule has 136 valence electrons. The van der Waals surface area contributed by atoms with Crippen LogP contribution >= 0.6 is 23.1 Å². The van der Waals surface area contributed by atoms with E-state index in [1.807, 2.05) is 84.9 Å². The number of nitrogens with zero attached hydrogens (tertiary/aromatic N) is 2. The van der Waals surface area contributed by atoms with E-state index in [2.05, 4.69) is 11.1 Å². The molecule has 3 aromatic carbocycles. The molecule has 28 heavy (non-hydrogen) atoms. The minimum atomic E-state index is 0.535. The summed E-state index contributed by atoms with van der Waals surface area (Å²) in [7, 11) is 0. The molecule has 0 aliphatic rings. The molecule has 3 nitrogen and oxygen atoms in total. The van der Waals surface area contributed by atoms with E-state index in [-0.39, 0.29) is 0 Å². The minimum Gasteiger partial charge on any atom is -0.489 e. The van der Waals surface area contributed by atoms with Gasteiger partial charge in [-0.25, -0.2) is 4.98 Å². The molecule has 0 bridgehead atoms. The number of nitriles is 1. The molecule has 5 heteroatoms. The fraction of sp³-hybridized carbons (Fsp3) is 0.0435. The normalized spacial score (nSPS) is 11.3. The van der Waals surface area contributed by atoms with Gasteiger partial charge >= 0.3 is 0 Å². The van der Waals surface area contributed by atoms with E-state index < -0.39 is 0 Å². The van der Waals surface area contributed by atoms with Crippen molar-refractivity contribution in [2.24, 2.45) is 0 Å². The molecule has 0 N–H and O–H groups in total. The Morgan fingerprint density at radius 3 is 2.50 bits per heavy atom. The molecule has 0 spiro atoms. The van der Waals surface area contributed by atoms with Gasteiger partial charge in [0, 0.05) is 0 Å². The van der Waals surface area contributed by atoms with Crippen molar-refractivity contribution in [2.75, 3.05) is 0 Å². The summed E-state index contributed by atoms with van der Waals surface area (Å²) in [6.07, 6.45) is 1.87. The maximum Gasteiger partial charge on any atom is 0.156 e. The number of allylic oxidation sites excluding steroid dienone is 1. The monoisotopic (exact) mass is 400 g/mol. The van der Waals surface area contributed by atoms with E-state index in [9.17, 15) is 5.26 Å². The third-order valence-corrected chi connectivity index (χ3v) is 6.03. The highest BCUT2D eigenvalue weighted by Gasteiger charge is 2.07. The third-order valence-electron chi connectivity index (χ3n) is 4.01. The second-order valence-corrected chi connectivity index (χ2v) is 8.33. The molecule has 0 amide bonds. The van der Waals surface area contributed by atoms with E-state index in [4.69, 9.17) is 4.74 Å². The fourth-order valence-electron chi connectivity index (χ4n) is 2.63. The average Bonchev–Trinajstić information content (AvgIpc) is 3.16. The van der Waals surface area contributed by atoms with Gasteiger partial charge in [-0.05, 0) is 53.2 Å². The summed E-state index contributed by atoms with van der Waals surface area (Å²) in [6.45, 7) is 0.535. The maximum absolute atomic E-state index is 9.50. The van der Waals surface area contributed by atoms with Crippen LogP contribution in [0.1, 0.15) is 11.1 Å². The van der Waals surface area contributed by atoms with Gasteiger partial charge < -0.3 is 4.74 Å². The molecular formula is C23H16N2OS2. The summed E-state index contributed by atoms with van der Waals surface area (Å²) in [5.74, 6) is 0.804. The molecule has 0 atom stereocenters. The molecule has 1 aromatic heterocycles. The van der Waals surface area contributed by atoms with Crippen LogP contribution in [0.15, 0.2) is 88.1 Å². The van der Waals surface area contributed by atoms with Gasteiger partial charge in [-0.1, -0.05) is 54.6 Å². The topological polar surface area (TPSA) is 45.9 Å². The van der Waals surface area contributed by atoms with Gasteiger partial charge in [0.15, 0.2) is 4.34 Å². The molecule has 4 aromatic rings. The summed E-state index contributed by atoms with van der Waals surface area (Å²) < 4.78 is 7.81. The van der Waals surface area contributed by atoms with Crippen molar-refractivity contribution >= 4 is 39.4 Å². The summed E-state index contributed by atoms with van der Waals surface area (Å²) >= 11 is 3.00. The Hall–Kier alpha value is -3.07. The first-order chi connectivity index (χ1) is 13.8. The van der Waals surface area contributed by atoms with Crippen LogP contribution in [-0.2, 0) is 6.61 Å². The standard InChI is InChI=1S/C23H16N2OS2/c24-15-20(27-23-25-21-8-4-5-9-22(21)28-23)14-17-10-12-19(13-11-17)26-16-18-6-2-1-3-7-18/h1-14H,16H2/b20-14+.